The largest absolute Gasteiger partial charge is 0.377 e. The minimum atomic E-state index is 0.101. The molecule has 26 heavy (non-hydrogen) atoms. The Balaban J connectivity index is 1.57. The Morgan fingerprint density at radius 1 is 1.35 bits per heavy atom. The Kier molecular flexibility index (Phi) is 5.57. The van der Waals surface area contributed by atoms with Gasteiger partial charge in [-0.15, -0.1) is 11.3 Å². The molecule has 2 aliphatic heterocycles. The van der Waals surface area contributed by atoms with Crippen molar-refractivity contribution >= 4 is 22.2 Å². The average Bonchev–Trinajstić information content (AvgIpc) is 3.40. The normalized spacial score (nSPS) is 21.2. The predicted molar refractivity (Wildman–Crippen MR) is 103 cm³/mol. The van der Waals surface area contributed by atoms with Crippen LogP contribution in [0.1, 0.15) is 55.2 Å². The number of thiazole rings is 1. The van der Waals surface area contributed by atoms with Crippen LogP contribution in [0.4, 0.5) is 0 Å². The van der Waals surface area contributed by atoms with E-state index < -0.39 is 0 Å². The molecule has 0 N–H and O–H groups in total. The third-order valence-electron chi connectivity index (χ3n) is 5.51. The number of carbonyl (C=O) groups excluding carboxylic acids is 1. The molecule has 2 aliphatic rings. The van der Waals surface area contributed by atoms with Crippen LogP contribution in [0.15, 0.2) is 11.6 Å². The number of piperidine rings is 1. The van der Waals surface area contributed by atoms with E-state index in [2.05, 4.69) is 16.2 Å². The maximum absolute atomic E-state index is 13.1. The highest BCUT2D eigenvalue weighted by Gasteiger charge is 2.27. The fourth-order valence-corrected chi connectivity index (χ4v) is 4.73. The zero-order chi connectivity index (χ0) is 17.9. The first-order chi connectivity index (χ1) is 12.8. The number of fused-ring (bicyclic) bond motifs is 1. The van der Waals surface area contributed by atoms with Gasteiger partial charge in [0.05, 0.1) is 11.8 Å². The molecule has 0 aliphatic carbocycles. The molecule has 142 valence electrons. The van der Waals surface area contributed by atoms with E-state index in [9.17, 15) is 4.79 Å². The van der Waals surface area contributed by atoms with Crippen LogP contribution in [0, 0.1) is 0 Å². The van der Waals surface area contributed by atoms with Crippen LogP contribution in [-0.4, -0.2) is 64.0 Å². The van der Waals surface area contributed by atoms with Gasteiger partial charge in [-0.25, -0.2) is 4.98 Å². The molecule has 2 saturated heterocycles. The summed E-state index contributed by atoms with van der Waals surface area (Å²) in [4.78, 5) is 23.1. The van der Waals surface area contributed by atoms with Crippen LogP contribution in [-0.2, 0) is 11.3 Å². The van der Waals surface area contributed by atoms with Crippen LogP contribution in [0.3, 0.4) is 0 Å². The summed E-state index contributed by atoms with van der Waals surface area (Å²) < 4.78 is 7.91. The van der Waals surface area contributed by atoms with Crippen molar-refractivity contribution in [1.29, 1.82) is 0 Å². The van der Waals surface area contributed by atoms with Crippen LogP contribution in [0.2, 0.25) is 0 Å². The van der Waals surface area contributed by atoms with Gasteiger partial charge in [0.15, 0.2) is 10.7 Å². The number of imidazole rings is 1. The minimum absolute atomic E-state index is 0.101. The number of likely N-dealkylation sites (N-methyl/N-ethyl adjacent to an activating group) is 1. The maximum atomic E-state index is 13.1. The SMILES string of the molecule is CCN(Cc1c(C(=O)N2CCCCC2)nc2sccn12)C[C@@H]1CCCO1. The van der Waals surface area contributed by atoms with Crippen molar-refractivity contribution in [2.75, 3.05) is 32.8 Å². The Morgan fingerprint density at radius 2 is 2.19 bits per heavy atom. The van der Waals surface area contributed by atoms with E-state index >= 15 is 0 Å². The van der Waals surface area contributed by atoms with Gasteiger partial charge in [0.2, 0.25) is 0 Å². The summed E-state index contributed by atoms with van der Waals surface area (Å²) in [5.74, 6) is 0.101. The molecule has 4 heterocycles. The van der Waals surface area contributed by atoms with E-state index in [0.717, 1.165) is 75.7 Å². The van der Waals surface area contributed by atoms with E-state index in [4.69, 9.17) is 9.72 Å². The molecule has 0 bridgehead atoms. The first-order valence-corrected chi connectivity index (χ1v) is 10.7. The molecule has 7 heteroatoms. The van der Waals surface area contributed by atoms with Crippen LogP contribution < -0.4 is 0 Å². The van der Waals surface area contributed by atoms with Crippen molar-refractivity contribution in [3.8, 4) is 0 Å². The number of aromatic nitrogens is 2. The van der Waals surface area contributed by atoms with Gasteiger partial charge >= 0.3 is 0 Å². The number of nitrogens with zero attached hydrogens (tertiary/aromatic N) is 4. The predicted octanol–water partition coefficient (Wildman–Crippen LogP) is 3.02. The summed E-state index contributed by atoms with van der Waals surface area (Å²) in [5.41, 5.74) is 1.67. The van der Waals surface area contributed by atoms with Gasteiger partial charge in [-0.05, 0) is 38.6 Å². The number of rotatable bonds is 6. The summed E-state index contributed by atoms with van der Waals surface area (Å²) in [7, 11) is 0. The number of carbonyl (C=O) groups is 1. The summed E-state index contributed by atoms with van der Waals surface area (Å²) >= 11 is 1.59. The van der Waals surface area contributed by atoms with Gasteiger partial charge in [0.1, 0.15) is 0 Å². The second-order valence-corrected chi connectivity index (χ2v) is 8.15. The fraction of sp³-hybridized carbons (Fsp3) is 0.684. The van der Waals surface area contributed by atoms with E-state index in [0.29, 0.717) is 11.8 Å². The number of amides is 1. The molecular weight excluding hydrogens is 348 g/mol. The zero-order valence-corrected chi connectivity index (χ0v) is 16.3. The van der Waals surface area contributed by atoms with Gasteiger partial charge in [-0.3, -0.25) is 14.1 Å². The molecule has 1 atom stereocenters. The Morgan fingerprint density at radius 3 is 2.92 bits per heavy atom. The Labute approximate surface area is 158 Å². The van der Waals surface area contributed by atoms with Crippen molar-refractivity contribution in [1.82, 2.24) is 19.2 Å². The van der Waals surface area contributed by atoms with E-state index in [1.165, 1.54) is 6.42 Å². The summed E-state index contributed by atoms with van der Waals surface area (Å²) in [5, 5.41) is 2.04. The molecule has 2 fully saturated rings. The highest BCUT2D eigenvalue weighted by molar-refractivity contribution is 7.15. The minimum Gasteiger partial charge on any atom is -0.377 e. The molecule has 6 nitrogen and oxygen atoms in total. The van der Waals surface area contributed by atoms with Crippen molar-refractivity contribution in [3.05, 3.63) is 23.0 Å². The van der Waals surface area contributed by atoms with Crippen LogP contribution >= 0.6 is 11.3 Å². The van der Waals surface area contributed by atoms with E-state index in [-0.39, 0.29) is 5.91 Å². The van der Waals surface area contributed by atoms with Crippen molar-refractivity contribution in [2.24, 2.45) is 0 Å². The fourth-order valence-electron chi connectivity index (χ4n) is 4.00. The lowest BCUT2D eigenvalue weighted by Gasteiger charge is -2.27. The smallest absolute Gasteiger partial charge is 0.274 e. The first kappa shape index (κ1) is 17.9. The monoisotopic (exact) mass is 376 g/mol. The number of hydrogen-bond donors (Lipinski definition) is 0. The highest BCUT2D eigenvalue weighted by Crippen LogP contribution is 2.23. The van der Waals surface area contributed by atoms with Gasteiger partial charge in [-0.2, -0.15) is 0 Å². The van der Waals surface area contributed by atoms with Crippen LogP contribution in [0.25, 0.3) is 4.96 Å². The van der Waals surface area contributed by atoms with E-state index in [1.54, 1.807) is 11.3 Å². The van der Waals surface area contributed by atoms with Crippen molar-refractivity contribution in [3.63, 3.8) is 0 Å². The van der Waals surface area contributed by atoms with Crippen molar-refractivity contribution < 1.29 is 9.53 Å². The standard InChI is InChI=1S/C19H28N4O2S/c1-2-21(13-15-7-6-11-25-15)14-16-17(20-19-23(16)10-12-26-19)18(24)22-8-4-3-5-9-22/h10,12,15H,2-9,11,13-14H2,1H3/t15-/m0/s1. The number of hydrogen-bond acceptors (Lipinski definition) is 5. The molecule has 2 aromatic rings. The molecule has 2 aromatic heterocycles. The van der Waals surface area contributed by atoms with Gasteiger partial charge in [0, 0.05) is 44.4 Å². The molecule has 0 spiro atoms. The maximum Gasteiger partial charge on any atom is 0.274 e. The van der Waals surface area contributed by atoms with Gasteiger partial charge < -0.3 is 9.64 Å². The molecule has 0 unspecified atom stereocenters. The second kappa shape index (κ2) is 8.06. The lowest BCUT2D eigenvalue weighted by atomic mass is 10.1. The van der Waals surface area contributed by atoms with Crippen LogP contribution in [0.5, 0.6) is 0 Å². The summed E-state index contributed by atoms with van der Waals surface area (Å²) in [6.07, 6.45) is 8.07. The number of likely N-dealkylation sites (tertiary alicyclic amines) is 1. The van der Waals surface area contributed by atoms with E-state index in [1.807, 2.05) is 16.5 Å². The van der Waals surface area contributed by atoms with Crippen molar-refractivity contribution in [2.45, 2.75) is 51.7 Å². The lowest BCUT2D eigenvalue weighted by Crippen LogP contribution is -2.37. The quantitative estimate of drug-likeness (QED) is 0.778. The molecule has 0 radical (unpaired) electrons. The molecule has 1 amide bonds. The second-order valence-electron chi connectivity index (χ2n) is 7.28. The van der Waals surface area contributed by atoms with Gasteiger partial charge in [-0.1, -0.05) is 6.92 Å². The molecular formula is C19H28N4O2S. The lowest BCUT2D eigenvalue weighted by molar-refractivity contribution is 0.0694. The molecule has 0 saturated carbocycles. The molecule has 0 aromatic carbocycles. The third-order valence-corrected chi connectivity index (χ3v) is 6.27. The Bertz CT molecular complexity index is 744. The Hall–Kier alpha value is -1.44. The number of ether oxygens (including phenoxy) is 1. The molecule has 4 rings (SSSR count). The average molecular weight is 377 g/mol. The topological polar surface area (TPSA) is 50.1 Å². The summed E-state index contributed by atoms with van der Waals surface area (Å²) in [6.45, 7) is 7.37. The zero-order valence-electron chi connectivity index (χ0n) is 15.5. The summed E-state index contributed by atoms with van der Waals surface area (Å²) in [6, 6.07) is 0. The highest BCUT2D eigenvalue weighted by atomic mass is 32.1. The first-order valence-electron chi connectivity index (χ1n) is 9.84. The third kappa shape index (κ3) is 3.66. The van der Waals surface area contributed by atoms with Gasteiger partial charge in [0.25, 0.3) is 5.91 Å².